The first-order valence-electron chi connectivity index (χ1n) is 8.75. The van der Waals surface area contributed by atoms with Crippen LogP contribution in [0.2, 0.25) is 0 Å². The number of rotatable bonds is 3. The van der Waals surface area contributed by atoms with Crippen LogP contribution in [0, 0.1) is 6.92 Å². The molecule has 0 aliphatic carbocycles. The monoisotopic (exact) mass is 317 g/mol. The average molecular weight is 317 g/mol. The summed E-state index contributed by atoms with van der Waals surface area (Å²) in [6.07, 6.45) is 2.34. The standard InChI is InChI=1S/C21H23N3/c1-16-20(17-12-14-22-15-13-17)23-21(18-8-4-2-5-9-18)24(16)19-10-6-3-7-11-19/h2-11,17,22H,12-15H2,1H3. The van der Waals surface area contributed by atoms with Crippen molar-refractivity contribution < 1.29 is 0 Å². The van der Waals surface area contributed by atoms with Crippen LogP contribution in [-0.2, 0) is 0 Å². The van der Waals surface area contributed by atoms with Gasteiger partial charge in [0.1, 0.15) is 5.82 Å². The molecule has 1 aromatic heterocycles. The normalized spacial score (nSPS) is 15.5. The molecule has 1 fully saturated rings. The van der Waals surface area contributed by atoms with Gasteiger partial charge in [-0.05, 0) is 45.0 Å². The maximum atomic E-state index is 5.12. The lowest BCUT2D eigenvalue weighted by atomic mass is 9.93. The van der Waals surface area contributed by atoms with Gasteiger partial charge in [0.2, 0.25) is 0 Å². The molecule has 0 radical (unpaired) electrons. The van der Waals surface area contributed by atoms with E-state index in [1.165, 1.54) is 35.5 Å². The minimum atomic E-state index is 0.554. The van der Waals surface area contributed by atoms with E-state index >= 15 is 0 Å². The second-order valence-corrected chi connectivity index (χ2v) is 6.47. The molecule has 122 valence electrons. The zero-order valence-electron chi connectivity index (χ0n) is 14.1. The number of para-hydroxylation sites is 1. The quantitative estimate of drug-likeness (QED) is 0.780. The first kappa shape index (κ1) is 15.2. The number of nitrogens with zero attached hydrogens (tertiary/aromatic N) is 2. The van der Waals surface area contributed by atoms with E-state index in [4.69, 9.17) is 4.98 Å². The lowest BCUT2D eigenvalue weighted by Crippen LogP contribution is -2.27. The fourth-order valence-electron chi connectivity index (χ4n) is 3.67. The summed E-state index contributed by atoms with van der Waals surface area (Å²) in [5, 5.41) is 3.45. The molecular weight excluding hydrogens is 294 g/mol. The maximum absolute atomic E-state index is 5.12. The van der Waals surface area contributed by atoms with Crippen LogP contribution >= 0.6 is 0 Å². The molecule has 24 heavy (non-hydrogen) atoms. The molecule has 2 heterocycles. The summed E-state index contributed by atoms with van der Waals surface area (Å²) in [6, 6.07) is 21.1. The van der Waals surface area contributed by atoms with Crippen LogP contribution in [0.5, 0.6) is 0 Å². The molecule has 1 saturated heterocycles. The number of benzene rings is 2. The zero-order chi connectivity index (χ0) is 16.4. The minimum Gasteiger partial charge on any atom is -0.317 e. The first-order valence-corrected chi connectivity index (χ1v) is 8.75. The van der Waals surface area contributed by atoms with Gasteiger partial charge in [0.05, 0.1) is 5.69 Å². The van der Waals surface area contributed by atoms with Gasteiger partial charge in [-0.3, -0.25) is 4.57 Å². The van der Waals surface area contributed by atoms with Crippen molar-refractivity contribution in [2.75, 3.05) is 13.1 Å². The highest BCUT2D eigenvalue weighted by Gasteiger charge is 2.24. The van der Waals surface area contributed by atoms with Crippen LogP contribution in [0.1, 0.15) is 30.1 Å². The predicted octanol–water partition coefficient (Wildman–Crippen LogP) is 4.31. The molecule has 3 nitrogen and oxygen atoms in total. The van der Waals surface area contributed by atoms with Gasteiger partial charge in [-0.15, -0.1) is 0 Å². The average Bonchev–Trinajstić information content (AvgIpc) is 3.01. The Bertz CT molecular complexity index is 800. The van der Waals surface area contributed by atoms with Crippen LogP contribution in [0.15, 0.2) is 60.7 Å². The van der Waals surface area contributed by atoms with E-state index in [1.54, 1.807) is 0 Å². The van der Waals surface area contributed by atoms with Crippen LogP contribution < -0.4 is 5.32 Å². The van der Waals surface area contributed by atoms with Crippen molar-refractivity contribution in [3.8, 4) is 17.1 Å². The highest BCUT2D eigenvalue weighted by molar-refractivity contribution is 5.60. The Morgan fingerprint density at radius 2 is 1.54 bits per heavy atom. The first-order chi connectivity index (χ1) is 11.8. The molecule has 0 spiro atoms. The molecule has 1 aliphatic heterocycles. The molecular formula is C21H23N3. The van der Waals surface area contributed by atoms with Crippen molar-refractivity contribution in [2.45, 2.75) is 25.7 Å². The minimum absolute atomic E-state index is 0.554. The molecule has 0 saturated carbocycles. The lowest BCUT2D eigenvalue weighted by molar-refractivity contribution is 0.453. The van der Waals surface area contributed by atoms with E-state index in [0.717, 1.165) is 18.9 Å². The number of piperidine rings is 1. The third-order valence-corrected chi connectivity index (χ3v) is 4.92. The smallest absolute Gasteiger partial charge is 0.145 e. The summed E-state index contributed by atoms with van der Waals surface area (Å²) in [6.45, 7) is 4.38. The van der Waals surface area contributed by atoms with Gasteiger partial charge in [0.15, 0.2) is 0 Å². The Balaban J connectivity index is 1.88. The van der Waals surface area contributed by atoms with Crippen molar-refractivity contribution in [1.82, 2.24) is 14.9 Å². The van der Waals surface area contributed by atoms with Crippen molar-refractivity contribution in [2.24, 2.45) is 0 Å². The third kappa shape index (κ3) is 2.76. The molecule has 3 heteroatoms. The maximum Gasteiger partial charge on any atom is 0.145 e. The highest BCUT2D eigenvalue weighted by atomic mass is 15.1. The van der Waals surface area contributed by atoms with E-state index in [9.17, 15) is 0 Å². The van der Waals surface area contributed by atoms with E-state index in [0.29, 0.717) is 5.92 Å². The topological polar surface area (TPSA) is 29.9 Å². The van der Waals surface area contributed by atoms with Gasteiger partial charge in [-0.25, -0.2) is 4.98 Å². The zero-order valence-corrected chi connectivity index (χ0v) is 14.1. The summed E-state index contributed by atoms with van der Waals surface area (Å²) in [5.41, 5.74) is 4.89. The number of nitrogens with one attached hydrogen (secondary N) is 1. The van der Waals surface area contributed by atoms with E-state index in [2.05, 4.69) is 77.5 Å². The molecule has 0 amide bonds. The summed E-state index contributed by atoms with van der Waals surface area (Å²) in [7, 11) is 0. The lowest BCUT2D eigenvalue weighted by Gasteiger charge is -2.21. The van der Waals surface area contributed by atoms with E-state index in [1.807, 2.05) is 0 Å². The number of hydrogen-bond donors (Lipinski definition) is 1. The highest BCUT2D eigenvalue weighted by Crippen LogP contribution is 2.33. The van der Waals surface area contributed by atoms with Crippen molar-refractivity contribution in [1.29, 1.82) is 0 Å². The van der Waals surface area contributed by atoms with Gasteiger partial charge in [-0.1, -0.05) is 48.5 Å². The SMILES string of the molecule is Cc1c(C2CCNCC2)nc(-c2ccccc2)n1-c1ccccc1. The molecule has 0 unspecified atom stereocenters. The third-order valence-electron chi connectivity index (χ3n) is 4.92. The Kier molecular flexibility index (Phi) is 4.18. The van der Waals surface area contributed by atoms with Crippen LogP contribution in [0.4, 0.5) is 0 Å². The number of hydrogen-bond acceptors (Lipinski definition) is 2. The second-order valence-electron chi connectivity index (χ2n) is 6.47. The van der Waals surface area contributed by atoms with Crippen molar-refractivity contribution in [3.05, 3.63) is 72.1 Å². The summed E-state index contributed by atoms with van der Waals surface area (Å²) >= 11 is 0. The van der Waals surface area contributed by atoms with Crippen molar-refractivity contribution >= 4 is 0 Å². The molecule has 0 bridgehead atoms. The van der Waals surface area contributed by atoms with Crippen molar-refractivity contribution in [3.63, 3.8) is 0 Å². The number of aromatic nitrogens is 2. The molecule has 0 atom stereocenters. The van der Waals surface area contributed by atoms with E-state index < -0.39 is 0 Å². The van der Waals surface area contributed by atoms with Crippen LogP contribution in [0.25, 0.3) is 17.1 Å². The van der Waals surface area contributed by atoms with Gasteiger partial charge in [0, 0.05) is 22.9 Å². The summed E-state index contributed by atoms with van der Waals surface area (Å²) in [5.74, 6) is 1.60. The Hall–Kier alpha value is -2.39. The predicted molar refractivity (Wildman–Crippen MR) is 98.6 cm³/mol. The fraction of sp³-hybridized carbons (Fsp3) is 0.286. The molecule has 1 aliphatic rings. The van der Waals surface area contributed by atoms with Gasteiger partial charge >= 0.3 is 0 Å². The number of imidazole rings is 1. The van der Waals surface area contributed by atoms with Crippen LogP contribution in [0.3, 0.4) is 0 Å². The fourth-order valence-corrected chi connectivity index (χ4v) is 3.67. The molecule has 2 aromatic carbocycles. The largest absolute Gasteiger partial charge is 0.317 e. The second kappa shape index (κ2) is 6.62. The summed E-state index contributed by atoms with van der Waals surface area (Å²) < 4.78 is 2.31. The Morgan fingerprint density at radius 3 is 2.21 bits per heavy atom. The van der Waals surface area contributed by atoms with Gasteiger partial charge in [0.25, 0.3) is 0 Å². The summed E-state index contributed by atoms with van der Waals surface area (Å²) in [4.78, 5) is 5.12. The van der Waals surface area contributed by atoms with Gasteiger partial charge in [-0.2, -0.15) is 0 Å². The Morgan fingerprint density at radius 1 is 0.917 bits per heavy atom. The molecule has 4 rings (SSSR count). The van der Waals surface area contributed by atoms with Crippen LogP contribution in [-0.4, -0.2) is 22.6 Å². The molecule has 1 N–H and O–H groups in total. The van der Waals surface area contributed by atoms with Gasteiger partial charge < -0.3 is 5.32 Å². The molecule has 3 aromatic rings. The Labute approximate surface area is 143 Å². The van der Waals surface area contributed by atoms with E-state index in [-0.39, 0.29) is 0 Å².